The Kier molecular flexibility index (Phi) is 4.56. The second-order valence-corrected chi connectivity index (χ2v) is 5.38. The molecule has 0 bridgehead atoms. The first kappa shape index (κ1) is 14.0. The van der Waals surface area contributed by atoms with Crippen molar-refractivity contribution in [3.8, 4) is 0 Å². The van der Waals surface area contributed by atoms with E-state index >= 15 is 0 Å². The van der Waals surface area contributed by atoms with Crippen molar-refractivity contribution in [1.29, 1.82) is 0 Å². The van der Waals surface area contributed by atoms with Crippen molar-refractivity contribution in [1.82, 2.24) is 10.2 Å². The van der Waals surface area contributed by atoms with Crippen LogP contribution in [0.15, 0.2) is 30.3 Å². The number of nitrogens with two attached hydrogens (primary N) is 1. The quantitative estimate of drug-likeness (QED) is 0.842. The predicted octanol–water partition coefficient (Wildman–Crippen LogP) is 0.795. The van der Waals surface area contributed by atoms with Gasteiger partial charge in [0.15, 0.2) is 0 Å². The van der Waals surface area contributed by atoms with Gasteiger partial charge in [-0.05, 0) is 12.6 Å². The van der Waals surface area contributed by atoms with Crippen LogP contribution in [0.2, 0.25) is 0 Å². The lowest BCUT2D eigenvalue weighted by Crippen LogP contribution is -2.38. The van der Waals surface area contributed by atoms with Crippen LogP contribution in [0.5, 0.6) is 0 Å². The van der Waals surface area contributed by atoms with Gasteiger partial charge in [0.25, 0.3) is 0 Å². The largest absolute Gasteiger partial charge is 0.340 e. The first-order valence-electron chi connectivity index (χ1n) is 6.87. The summed E-state index contributed by atoms with van der Waals surface area (Å²) in [5.41, 5.74) is 7.43. The molecular formula is C15H23N3O. The number of carbonyl (C=O) groups excluding carboxylic acids is 1. The number of nitrogens with one attached hydrogen (secondary N) is 1. The fourth-order valence-corrected chi connectivity index (χ4v) is 2.77. The molecule has 1 heterocycles. The van der Waals surface area contributed by atoms with Gasteiger partial charge in [-0.15, -0.1) is 0 Å². The molecule has 0 saturated carbocycles. The van der Waals surface area contributed by atoms with E-state index in [4.69, 9.17) is 5.73 Å². The normalized spacial score (nSPS) is 24.5. The second-order valence-electron chi connectivity index (χ2n) is 5.38. The molecule has 1 saturated heterocycles. The van der Waals surface area contributed by atoms with E-state index in [0.717, 1.165) is 6.54 Å². The molecule has 1 aliphatic rings. The van der Waals surface area contributed by atoms with Crippen molar-refractivity contribution in [3.63, 3.8) is 0 Å². The van der Waals surface area contributed by atoms with Gasteiger partial charge in [0.2, 0.25) is 5.91 Å². The van der Waals surface area contributed by atoms with Crippen LogP contribution in [0, 0.1) is 5.92 Å². The zero-order chi connectivity index (χ0) is 13.8. The van der Waals surface area contributed by atoms with Crippen molar-refractivity contribution in [2.24, 2.45) is 11.7 Å². The molecule has 0 radical (unpaired) electrons. The molecule has 4 nitrogen and oxygen atoms in total. The number of likely N-dealkylation sites (tertiary alicyclic amines) is 1. The molecule has 104 valence electrons. The van der Waals surface area contributed by atoms with Gasteiger partial charge < -0.3 is 16.0 Å². The monoisotopic (exact) mass is 261 g/mol. The first-order valence-corrected chi connectivity index (χ1v) is 6.87. The van der Waals surface area contributed by atoms with Gasteiger partial charge in [-0.3, -0.25) is 4.79 Å². The van der Waals surface area contributed by atoms with Crippen LogP contribution < -0.4 is 11.1 Å². The van der Waals surface area contributed by atoms with Crippen molar-refractivity contribution in [2.45, 2.75) is 18.9 Å². The molecule has 0 aromatic heterocycles. The topological polar surface area (TPSA) is 58.4 Å². The summed E-state index contributed by atoms with van der Waals surface area (Å²) in [6, 6.07) is 10.3. The summed E-state index contributed by atoms with van der Waals surface area (Å²) in [5.74, 6) is 0.460. The Labute approximate surface area is 115 Å². The summed E-state index contributed by atoms with van der Waals surface area (Å²) in [6.07, 6.45) is 0. The van der Waals surface area contributed by atoms with Crippen molar-refractivity contribution in [2.75, 3.05) is 26.7 Å². The number of rotatable bonds is 4. The van der Waals surface area contributed by atoms with Gasteiger partial charge in [0.05, 0.1) is 0 Å². The third-order valence-corrected chi connectivity index (χ3v) is 3.84. The Morgan fingerprint density at radius 1 is 1.42 bits per heavy atom. The van der Waals surface area contributed by atoms with E-state index in [1.807, 2.05) is 37.1 Å². The van der Waals surface area contributed by atoms with Gasteiger partial charge in [-0.25, -0.2) is 0 Å². The minimum atomic E-state index is 0.00623. The van der Waals surface area contributed by atoms with Gasteiger partial charge in [-0.2, -0.15) is 0 Å². The predicted molar refractivity (Wildman–Crippen MR) is 76.8 cm³/mol. The molecule has 1 aliphatic heterocycles. The number of hydrogen-bond donors (Lipinski definition) is 2. The fourth-order valence-electron chi connectivity index (χ4n) is 2.77. The second kappa shape index (κ2) is 6.17. The number of benzene rings is 1. The van der Waals surface area contributed by atoms with Crippen LogP contribution in [-0.4, -0.2) is 43.5 Å². The Balaban J connectivity index is 2.03. The Morgan fingerprint density at radius 3 is 2.74 bits per heavy atom. The first-order chi connectivity index (χ1) is 9.13. The molecule has 1 aromatic carbocycles. The van der Waals surface area contributed by atoms with E-state index < -0.39 is 0 Å². The summed E-state index contributed by atoms with van der Waals surface area (Å²) < 4.78 is 0. The van der Waals surface area contributed by atoms with Crippen LogP contribution in [0.25, 0.3) is 0 Å². The minimum absolute atomic E-state index is 0.00623. The minimum Gasteiger partial charge on any atom is -0.340 e. The van der Waals surface area contributed by atoms with Crippen LogP contribution in [0.3, 0.4) is 0 Å². The molecule has 4 heteroatoms. The Hall–Kier alpha value is -1.39. The van der Waals surface area contributed by atoms with E-state index in [2.05, 4.69) is 17.4 Å². The highest BCUT2D eigenvalue weighted by molar-refractivity contribution is 5.79. The van der Waals surface area contributed by atoms with Crippen molar-refractivity contribution >= 4 is 5.91 Å². The average molecular weight is 261 g/mol. The summed E-state index contributed by atoms with van der Waals surface area (Å²) in [4.78, 5) is 14.2. The molecule has 1 amide bonds. The standard InChI is InChI=1S/C15H23N3O/c1-11(8-17-2)15(19)18-9-13(14(16)10-18)12-6-4-3-5-7-12/h3-7,11,13-14,17H,8-10,16H2,1-2H3/t11?,13-,14+/m0/s1. The van der Waals surface area contributed by atoms with E-state index in [1.54, 1.807) is 0 Å². The lowest BCUT2D eigenvalue weighted by atomic mass is 9.95. The molecule has 2 rings (SSSR count). The number of amides is 1. The highest BCUT2D eigenvalue weighted by Gasteiger charge is 2.35. The third kappa shape index (κ3) is 3.14. The van der Waals surface area contributed by atoms with Crippen molar-refractivity contribution in [3.05, 3.63) is 35.9 Å². The van der Waals surface area contributed by atoms with E-state index in [-0.39, 0.29) is 23.8 Å². The number of nitrogens with zero attached hydrogens (tertiary/aromatic N) is 1. The highest BCUT2D eigenvalue weighted by atomic mass is 16.2. The van der Waals surface area contributed by atoms with Gasteiger partial charge in [0.1, 0.15) is 0 Å². The highest BCUT2D eigenvalue weighted by Crippen LogP contribution is 2.27. The van der Waals surface area contributed by atoms with E-state index in [1.165, 1.54) is 5.56 Å². The zero-order valence-electron chi connectivity index (χ0n) is 11.7. The lowest BCUT2D eigenvalue weighted by Gasteiger charge is -2.20. The maximum Gasteiger partial charge on any atom is 0.226 e. The average Bonchev–Trinajstić information content (AvgIpc) is 2.81. The molecule has 1 unspecified atom stereocenters. The van der Waals surface area contributed by atoms with E-state index in [9.17, 15) is 4.79 Å². The fraction of sp³-hybridized carbons (Fsp3) is 0.533. The van der Waals surface area contributed by atoms with Crippen LogP contribution in [0.4, 0.5) is 0 Å². The van der Waals surface area contributed by atoms with Gasteiger partial charge in [-0.1, -0.05) is 37.3 Å². The number of hydrogen-bond acceptors (Lipinski definition) is 3. The lowest BCUT2D eigenvalue weighted by molar-refractivity contribution is -0.133. The SMILES string of the molecule is CNCC(C)C(=O)N1C[C@@H](N)[C@H](c2ccccc2)C1. The third-order valence-electron chi connectivity index (χ3n) is 3.84. The Morgan fingerprint density at radius 2 is 2.11 bits per heavy atom. The van der Waals surface area contributed by atoms with Crippen LogP contribution in [0.1, 0.15) is 18.4 Å². The summed E-state index contributed by atoms with van der Waals surface area (Å²) in [7, 11) is 1.87. The molecule has 0 aliphatic carbocycles. The Bertz CT molecular complexity index is 421. The smallest absolute Gasteiger partial charge is 0.226 e. The maximum absolute atomic E-state index is 12.3. The molecule has 3 N–H and O–H groups in total. The molecule has 1 aromatic rings. The summed E-state index contributed by atoms with van der Waals surface area (Å²) in [6.45, 7) is 4.06. The summed E-state index contributed by atoms with van der Waals surface area (Å²) in [5, 5.41) is 3.05. The molecular weight excluding hydrogens is 238 g/mol. The summed E-state index contributed by atoms with van der Waals surface area (Å²) >= 11 is 0. The molecule has 19 heavy (non-hydrogen) atoms. The maximum atomic E-state index is 12.3. The van der Waals surface area contributed by atoms with E-state index in [0.29, 0.717) is 13.1 Å². The van der Waals surface area contributed by atoms with Crippen molar-refractivity contribution < 1.29 is 4.79 Å². The number of carbonyl (C=O) groups is 1. The molecule has 1 fully saturated rings. The molecule has 3 atom stereocenters. The van der Waals surface area contributed by atoms with Crippen LogP contribution >= 0.6 is 0 Å². The van der Waals surface area contributed by atoms with Crippen LogP contribution in [-0.2, 0) is 4.79 Å². The molecule has 0 spiro atoms. The van der Waals surface area contributed by atoms with Gasteiger partial charge in [0, 0.05) is 37.5 Å². The van der Waals surface area contributed by atoms with Gasteiger partial charge >= 0.3 is 0 Å². The zero-order valence-corrected chi connectivity index (χ0v) is 11.7.